The molecule has 0 spiro atoms. The second-order valence-electron chi connectivity index (χ2n) is 6.26. The fourth-order valence-electron chi connectivity index (χ4n) is 3.42. The van der Waals surface area contributed by atoms with Crippen LogP contribution in [0.15, 0.2) is 24.5 Å². The van der Waals surface area contributed by atoms with Crippen molar-refractivity contribution in [2.45, 2.75) is 27.3 Å². The smallest absolute Gasteiger partial charge is 0.225 e. The van der Waals surface area contributed by atoms with E-state index >= 15 is 0 Å². The number of carbonyl (C=O) groups is 1. The predicted molar refractivity (Wildman–Crippen MR) is 94.6 cm³/mol. The van der Waals surface area contributed by atoms with E-state index in [1.807, 2.05) is 19.1 Å². The number of hydrogen-bond acceptors (Lipinski definition) is 5. The van der Waals surface area contributed by atoms with Crippen molar-refractivity contribution < 1.29 is 4.79 Å². The molecule has 6 nitrogen and oxygen atoms in total. The van der Waals surface area contributed by atoms with Crippen molar-refractivity contribution in [3.05, 3.63) is 41.5 Å². The van der Waals surface area contributed by atoms with Crippen LogP contribution in [0, 0.1) is 13.8 Å². The molecule has 2 aromatic heterocycles. The number of nitrogens with zero attached hydrogens (tertiary/aromatic N) is 5. The molecule has 1 saturated heterocycles. The van der Waals surface area contributed by atoms with Crippen LogP contribution in [0.4, 0.5) is 5.95 Å². The van der Waals surface area contributed by atoms with Gasteiger partial charge in [-0.3, -0.25) is 9.69 Å². The highest BCUT2D eigenvalue weighted by molar-refractivity contribution is 5.99. The molecule has 0 amide bonds. The van der Waals surface area contributed by atoms with E-state index in [0.29, 0.717) is 6.54 Å². The summed E-state index contributed by atoms with van der Waals surface area (Å²) in [5.41, 5.74) is 3.10. The zero-order valence-electron chi connectivity index (χ0n) is 14.7. The number of rotatable bonds is 5. The van der Waals surface area contributed by atoms with Crippen LogP contribution in [-0.4, -0.2) is 57.9 Å². The summed E-state index contributed by atoms with van der Waals surface area (Å²) in [6.45, 7) is 11.0. The fourth-order valence-corrected chi connectivity index (χ4v) is 3.42. The predicted octanol–water partition coefficient (Wildman–Crippen LogP) is 1.92. The normalized spacial score (nSPS) is 15.7. The zero-order chi connectivity index (χ0) is 17.1. The highest BCUT2D eigenvalue weighted by Gasteiger charge is 2.22. The number of aryl methyl sites for hydroxylation is 1. The van der Waals surface area contributed by atoms with Gasteiger partial charge in [0, 0.05) is 62.1 Å². The van der Waals surface area contributed by atoms with E-state index in [-0.39, 0.29) is 5.78 Å². The lowest BCUT2D eigenvalue weighted by atomic mass is 10.1. The van der Waals surface area contributed by atoms with Crippen molar-refractivity contribution in [3.8, 4) is 0 Å². The van der Waals surface area contributed by atoms with Crippen molar-refractivity contribution >= 4 is 11.7 Å². The molecule has 1 fully saturated rings. The van der Waals surface area contributed by atoms with Gasteiger partial charge in [0.05, 0.1) is 6.54 Å². The average molecular weight is 327 g/mol. The summed E-state index contributed by atoms with van der Waals surface area (Å²) in [6, 6.07) is 3.85. The Morgan fingerprint density at radius 2 is 1.79 bits per heavy atom. The summed E-state index contributed by atoms with van der Waals surface area (Å²) in [5.74, 6) is 0.988. The highest BCUT2D eigenvalue weighted by atomic mass is 16.1. The first kappa shape index (κ1) is 16.6. The second-order valence-corrected chi connectivity index (χ2v) is 6.26. The van der Waals surface area contributed by atoms with Crippen LogP contribution in [0.5, 0.6) is 0 Å². The highest BCUT2D eigenvalue weighted by Crippen LogP contribution is 2.17. The molecule has 0 unspecified atom stereocenters. The molecule has 0 saturated carbocycles. The lowest BCUT2D eigenvalue weighted by molar-refractivity contribution is 0.0925. The van der Waals surface area contributed by atoms with Gasteiger partial charge in [0.1, 0.15) is 0 Å². The number of aromatic nitrogens is 3. The molecule has 1 aliphatic heterocycles. The lowest BCUT2D eigenvalue weighted by Gasteiger charge is -2.34. The molecule has 0 atom stereocenters. The van der Waals surface area contributed by atoms with Gasteiger partial charge in [-0.15, -0.1) is 0 Å². The van der Waals surface area contributed by atoms with Crippen LogP contribution in [0.2, 0.25) is 0 Å². The topological polar surface area (TPSA) is 54.3 Å². The number of piperazine rings is 1. The van der Waals surface area contributed by atoms with Crippen molar-refractivity contribution in [1.29, 1.82) is 0 Å². The lowest BCUT2D eigenvalue weighted by Crippen LogP contribution is -2.48. The van der Waals surface area contributed by atoms with E-state index in [2.05, 4.69) is 38.2 Å². The Morgan fingerprint density at radius 3 is 2.38 bits per heavy atom. The molecule has 6 heteroatoms. The number of carbonyl (C=O) groups excluding carboxylic acids is 1. The Labute approximate surface area is 143 Å². The number of ketones is 1. The van der Waals surface area contributed by atoms with Gasteiger partial charge < -0.3 is 9.47 Å². The minimum Gasteiger partial charge on any atom is -0.349 e. The van der Waals surface area contributed by atoms with E-state index in [4.69, 9.17) is 0 Å². The van der Waals surface area contributed by atoms with Gasteiger partial charge in [0.2, 0.25) is 5.95 Å². The second kappa shape index (κ2) is 7.13. The molecule has 3 rings (SSSR count). The molecular weight excluding hydrogens is 302 g/mol. The standard InChI is InChI=1S/C18H25N5O/c1-4-23-14(2)12-16(15(23)3)17(24)13-21-8-10-22(11-9-21)18-19-6-5-7-20-18/h5-7,12H,4,8-11,13H2,1-3H3. The van der Waals surface area contributed by atoms with E-state index in [9.17, 15) is 4.79 Å². The molecule has 0 aliphatic carbocycles. The van der Waals surface area contributed by atoms with Crippen LogP contribution >= 0.6 is 0 Å². The minimum absolute atomic E-state index is 0.215. The van der Waals surface area contributed by atoms with Crippen molar-refractivity contribution in [3.63, 3.8) is 0 Å². The number of hydrogen-bond donors (Lipinski definition) is 0. The maximum Gasteiger partial charge on any atom is 0.225 e. The van der Waals surface area contributed by atoms with Crippen LogP contribution in [0.25, 0.3) is 0 Å². The third-order valence-electron chi connectivity index (χ3n) is 4.76. The van der Waals surface area contributed by atoms with Crippen molar-refractivity contribution in [1.82, 2.24) is 19.4 Å². The third kappa shape index (κ3) is 3.33. The molecule has 0 radical (unpaired) electrons. The van der Waals surface area contributed by atoms with E-state index in [1.54, 1.807) is 12.4 Å². The molecular formula is C18H25N5O. The van der Waals surface area contributed by atoms with Gasteiger partial charge in [-0.25, -0.2) is 9.97 Å². The Balaban J connectivity index is 1.59. The number of anilines is 1. The van der Waals surface area contributed by atoms with E-state index in [0.717, 1.165) is 55.6 Å². The average Bonchev–Trinajstić information content (AvgIpc) is 2.90. The molecule has 2 aromatic rings. The van der Waals surface area contributed by atoms with Gasteiger partial charge in [-0.1, -0.05) is 0 Å². The van der Waals surface area contributed by atoms with Gasteiger partial charge in [-0.2, -0.15) is 0 Å². The summed E-state index contributed by atoms with van der Waals surface area (Å²) in [6.07, 6.45) is 3.53. The fraction of sp³-hybridized carbons (Fsp3) is 0.500. The monoisotopic (exact) mass is 327 g/mol. The Hall–Kier alpha value is -2.21. The Kier molecular flexibility index (Phi) is 4.94. The largest absolute Gasteiger partial charge is 0.349 e. The van der Waals surface area contributed by atoms with E-state index in [1.165, 1.54) is 0 Å². The zero-order valence-corrected chi connectivity index (χ0v) is 14.7. The van der Waals surface area contributed by atoms with Gasteiger partial charge in [-0.05, 0) is 32.9 Å². The van der Waals surface area contributed by atoms with Crippen LogP contribution in [-0.2, 0) is 6.54 Å². The van der Waals surface area contributed by atoms with Crippen LogP contribution < -0.4 is 4.90 Å². The third-order valence-corrected chi connectivity index (χ3v) is 4.76. The molecule has 3 heterocycles. The van der Waals surface area contributed by atoms with Crippen molar-refractivity contribution in [2.75, 3.05) is 37.6 Å². The van der Waals surface area contributed by atoms with Gasteiger partial charge in [0.15, 0.2) is 5.78 Å². The number of Topliss-reactive ketones (excluding diaryl/α,β-unsaturated/α-hetero) is 1. The van der Waals surface area contributed by atoms with E-state index < -0.39 is 0 Å². The maximum atomic E-state index is 12.7. The Morgan fingerprint density at radius 1 is 1.12 bits per heavy atom. The summed E-state index contributed by atoms with van der Waals surface area (Å²) in [4.78, 5) is 25.7. The van der Waals surface area contributed by atoms with Crippen LogP contribution in [0.1, 0.15) is 28.7 Å². The summed E-state index contributed by atoms with van der Waals surface area (Å²) in [5, 5.41) is 0. The quantitative estimate of drug-likeness (QED) is 0.785. The molecule has 0 N–H and O–H groups in total. The van der Waals surface area contributed by atoms with Gasteiger partial charge >= 0.3 is 0 Å². The SMILES string of the molecule is CCn1c(C)cc(C(=O)CN2CCN(c3ncccn3)CC2)c1C. The van der Waals surface area contributed by atoms with Crippen LogP contribution in [0.3, 0.4) is 0 Å². The molecule has 0 aromatic carbocycles. The van der Waals surface area contributed by atoms with Crippen molar-refractivity contribution in [2.24, 2.45) is 0 Å². The summed E-state index contributed by atoms with van der Waals surface area (Å²) >= 11 is 0. The molecule has 1 aliphatic rings. The summed E-state index contributed by atoms with van der Waals surface area (Å²) < 4.78 is 2.19. The molecule has 24 heavy (non-hydrogen) atoms. The van der Waals surface area contributed by atoms with Gasteiger partial charge in [0.25, 0.3) is 0 Å². The minimum atomic E-state index is 0.215. The summed E-state index contributed by atoms with van der Waals surface area (Å²) in [7, 11) is 0. The first-order chi connectivity index (χ1) is 11.6. The maximum absolute atomic E-state index is 12.7. The first-order valence-corrected chi connectivity index (χ1v) is 8.54. The Bertz CT molecular complexity index is 702. The first-order valence-electron chi connectivity index (χ1n) is 8.54. The molecule has 0 bridgehead atoms. The molecule has 128 valence electrons.